The van der Waals surface area contributed by atoms with Crippen LogP contribution in [0.1, 0.15) is 43.6 Å². The van der Waals surface area contributed by atoms with Crippen molar-refractivity contribution in [3.63, 3.8) is 0 Å². The molecule has 0 aliphatic heterocycles. The van der Waals surface area contributed by atoms with E-state index in [1.165, 1.54) is 5.56 Å². The molecule has 1 heterocycles. The molecule has 0 radical (unpaired) electrons. The highest BCUT2D eigenvalue weighted by Gasteiger charge is 2.17. The van der Waals surface area contributed by atoms with Crippen molar-refractivity contribution in [1.29, 1.82) is 0 Å². The first kappa shape index (κ1) is 12.7. The maximum atomic E-state index is 11.8. The lowest BCUT2D eigenvalue weighted by atomic mass is 9.86. The number of nitrogens with one attached hydrogen (secondary N) is 1. The summed E-state index contributed by atoms with van der Waals surface area (Å²) in [6.07, 6.45) is 1.72. The van der Waals surface area contributed by atoms with Crippen LogP contribution in [0.2, 0.25) is 0 Å². The molecule has 3 heteroatoms. The lowest BCUT2D eigenvalue weighted by molar-refractivity contribution is 0.0528. The molecule has 0 aliphatic rings. The number of aromatic amines is 1. The third-order valence-corrected chi connectivity index (χ3v) is 3.04. The summed E-state index contributed by atoms with van der Waals surface area (Å²) in [4.78, 5) is 14.9. The number of aromatic nitrogens is 1. The monoisotopic (exact) mass is 245 g/mol. The molecule has 0 spiro atoms. The molecule has 1 aromatic heterocycles. The summed E-state index contributed by atoms with van der Waals surface area (Å²) in [5, 5.41) is 0.931. The van der Waals surface area contributed by atoms with Gasteiger partial charge in [-0.15, -0.1) is 0 Å². The van der Waals surface area contributed by atoms with Crippen molar-refractivity contribution in [3.8, 4) is 0 Å². The lowest BCUT2D eigenvalue weighted by Crippen LogP contribution is -2.11. The lowest BCUT2D eigenvalue weighted by Gasteiger charge is -2.19. The summed E-state index contributed by atoms with van der Waals surface area (Å²) < 4.78 is 5.06. The van der Waals surface area contributed by atoms with E-state index in [1.807, 2.05) is 13.0 Å². The highest BCUT2D eigenvalue weighted by Crippen LogP contribution is 2.27. The van der Waals surface area contributed by atoms with Gasteiger partial charge in [-0.1, -0.05) is 26.8 Å². The van der Waals surface area contributed by atoms with Gasteiger partial charge in [0.1, 0.15) is 0 Å². The van der Waals surface area contributed by atoms with E-state index in [0.29, 0.717) is 12.2 Å². The molecule has 3 nitrogen and oxygen atoms in total. The normalized spacial score (nSPS) is 11.8. The molecule has 1 aromatic carbocycles. The van der Waals surface area contributed by atoms with Gasteiger partial charge in [0.05, 0.1) is 12.2 Å². The predicted octanol–water partition coefficient (Wildman–Crippen LogP) is 3.64. The van der Waals surface area contributed by atoms with Crippen LogP contribution in [0.15, 0.2) is 24.4 Å². The number of esters is 1. The largest absolute Gasteiger partial charge is 0.462 e. The fraction of sp³-hybridized carbons (Fsp3) is 0.400. The zero-order valence-corrected chi connectivity index (χ0v) is 11.3. The maximum absolute atomic E-state index is 11.8. The number of benzene rings is 1. The zero-order chi connectivity index (χ0) is 13.3. The first-order valence-corrected chi connectivity index (χ1v) is 6.22. The Labute approximate surface area is 107 Å². The Bertz CT molecular complexity index is 576. The van der Waals surface area contributed by atoms with Crippen molar-refractivity contribution in [1.82, 2.24) is 4.98 Å². The van der Waals surface area contributed by atoms with Gasteiger partial charge >= 0.3 is 5.97 Å². The van der Waals surface area contributed by atoms with Crippen molar-refractivity contribution in [2.75, 3.05) is 6.61 Å². The molecule has 2 aromatic rings. The van der Waals surface area contributed by atoms with Crippen molar-refractivity contribution in [2.45, 2.75) is 33.1 Å². The predicted molar refractivity (Wildman–Crippen MR) is 73.0 cm³/mol. The molecule has 0 bridgehead atoms. The highest BCUT2D eigenvalue weighted by molar-refractivity contribution is 6.04. The SMILES string of the molecule is CCOC(=O)c1c[nH]c2ccc(C(C)(C)C)cc12. The van der Waals surface area contributed by atoms with E-state index in [-0.39, 0.29) is 11.4 Å². The molecule has 0 fully saturated rings. The highest BCUT2D eigenvalue weighted by atomic mass is 16.5. The molecule has 0 unspecified atom stereocenters. The number of carbonyl (C=O) groups excluding carboxylic acids is 1. The van der Waals surface area contributed by atoms with E-state index >= 15 is 0 Å². The van der Waals surface area contributed by atoms with Gasteiger partial charge in [-0.05, 0) is 30.0 Å². The number of rotatable bonds is 2. The summed E-state index contributed by atoms with van der Waals surface area (Å²) in [6, 6.07) is 6.17. The van der Waals surface area contributed by atoms with Gasteiger partial charge in [-0.2, -0.15) is 0 Å². The maximum Gasteiger partial charge on any atom is 0.340 e. The average Bonchev–Trinajstić information content (AvgIpc) is 2.70. The number of hydrogen-bond donors (Lipinski definition) is 1. The third-order valence-electron chi connectivity index (χ3n) is 3.04. The van der Waals surface area contributed by atoms with Crippen LogP contribution in [-0.4, -0.2) is 17.6 Å². The van der Waals surface area contributed by atoms with Crippen LogP contribution in [0.25, 0.3) is 10.9 Å². The van der Waals surface area contributed by atoms with Crippen LogP contribution >= 0.6 is 0 Å². The topological polar surface area (TPSA) is 42.1 Å². The zero-order valence-electron chi connectivity index (χ0n) is 11.3. The summed E-state index contributed by atoms with van der Waals surface area (Å²) in [5.41, 5.74) is 2.85. The summed E-state index contributed by atoms with van der Waals surface area (Å²) in [5.74, 6) is -0.269. The minimum absolute atomic E-state index is 0.0669. The molecule has 0 saturated heterocycles. The van der Waals surface area contributed by atoms with Gasteiger partial charge < -0.3 is 9.72 Å². The number of H-pyrrole nitrogens is 1. The molecule has 0 atom stereocenters. The minimum Gasteiger partial charge on any atom is -0.462 e. The van der Waals surface area contributed by atoms with Crippen LogP contribution in [0.4, 0.5) is 0 Å². The van der Waals surface area contributed by atoms with Crippen LogP contribution in [0.3, 0.4) is 0 Å². The molecule has 96 valence electrons. The van der Waals surface area contributed by atoms with Gasteiger partial charge in [0, 0.05) is 17.1 Å². The quantitative estimate of drug-likeness (QED) is 0.821. The second-order valence-electron chi connectivity index (χ2n) is 5.43. The van der Waals surface area contributed by atoms with E-state index < -0.39 is 0 Å². The smallest absolute Gasteiger partial charge is 0.340 e. The van der Waals surface area contributed by atoms with Gasteiger partial charge in [0.2, 0.25) is 0 Å². The molecule has 18 heavy (non-hydrogen) atoms. The number of carbonyl (C=O) groups is 1. The van der Waals surface area contributed by atoms with Crippen LogP contribution in [0, 0.1) is 0 Å². The fourth-order valence-corrected chi connectivity index (χ4v) is 1.96. The molecular weight excluding hydrogens is 226 g/mol. The van der Waals surface area contributed by atoms with E-state index in [9.17, 15) is 4.79 Å². The second kappa shape index (κ2) is 4.48. The van der Waals surface area contributed by atoms with Crippen molar-refractivity contribution in [3.05, 3.63) is 35.5 Å². The molecule has 0 saturated carbocycles. The molecule has 0 amide bonds. The number of fused-ring (bicyclic) bond motifs is 1. The Morgan fingerprint density at radius 3 is 2.67 bits per heavy atom. The summed E-state index contributed by atoms with van der Waals surface area (Å²) in [7, 11) is 0. The first-order chi connectivity index (χ1) is 8.43. The van der Waals surface area contributed by atoms with Crippen molar-refractivity contribution in [2.24, 2.45) is 0 Å². The molecule has 0 aliphatic carbocycles. The Balaban J connectivity index is 2.53. The molecule has 2 rings (SSSR count). The Hall–Kier alpha value is -1.77. The summed E-state index contributed by atoms with van der Waals surface area (Å²) in [6.45, 7) is 8.68. The average molecular weight is 245 g/mol. The second-order valence-corrected chi connectivity index (χ2v) is 5.43. The standard InChI is InChI=1S/C15H19NO2/c1-5-18-14(17)12-9-16-13-7-6-10(8-11(12)13)15(2,3)4/h6-9,16H,5H2,1-4H3. The Kier molecular flexibility index (Phi) is 3.16. The van der Waals surface area contributed by atoms with Gasteiger partial charge in [-0.25, -0.2) is 4.79 Å². The number of ether oxygens (including phenoxy) is 1. The van der Waals surface area contributed by atoms with E-state index in [4.69, 9.17) is 4.74 Å². The fourth-order valence-electron chi connectivity index (χ4n) is 1.96. The van der Waals surface area contributed by atoms with Gasteiger partial charge in [-0.3, -0.25) is 0 Å². The van der Waals surface area contributed by atoms with Gasteiger partial charge in [0.15, 0.2) is 0 Å². The van der Waals surface area contributed by atoms with Gasteiger partial charge in [0.25, 0.3) is 0 Å². The van der Waals surface area contributed by atoms with E-state index in [0.717, 1.165) is 10.9 Å². The summed E-state index contributed by atoms with van der Waals surface area (Å²) >= 11 is 0. The first-order valence-electron chi connectivity index (χ1n) is 6.22. The van der Waals surface area contributed by atoms with Crippen LogP contribution < -0.4 is 0 Å². The van der Waals surface area contributed by atoms with Crippen molar-refractivity contribution < 1.29 is 9.53 Å². The van der Waals surface area contributed by atoms with E-state index in [1.54, 1.807) is 6.20 Å². The Morgan fingerprint density at radius 1 is 1.33 bits per heavy atom. The molecular formula is C15H19NO2. The van der Waals surface area contributed by atoms with Crippen LogP contribution in [-0.2, 0) is 10.2 Å². The van der Waals surface area contributed by atoms with E-state index in [2.05, 4.69) is 37.9 Å². The number of hydrogen-bond acceptors (Lipinski definition) is 2. The molecule has 1 N–H and O–H groups in total. The van der Waals surface area contributed by atoms with Crippen LogP contribution in [0.5, 0.6) is 0 Å². The minimum atomic E-state index is -0.269. The third kappa shape index (κ3) is 2.26. The van der Waals surface area contributed by atoms with Crippen molar-refractivity contribution >= 4 is 16.9 Å². The Morgan fingerprint density at radius 2 is 2.06 bits per heavy atom.